The molecule has 0 aliphatic carbocycles. The van der Waals surface area contributed by atoms with Crippen molar-refractivity contribution in [2.75, 3.05) is 0 Å². The van der Waals surface area contributed by atoms with Crippen LogP contribution >= 0.6 is 0 Å². The van der Waals surface area contributed by atoms with E-state index in [9.17, 15) is 9.59 Å². The fourth-order valence-electron chi connectivity index (χ4n) is 1.82. The molecule has 0 atom stereocenters. The predicted molar refractivity (Wildman–Crippen MR) is 69.5 cm³/mol. The first-order valence-corrected chi connectivity index (χ1v) is 5.92. The normalized spacial score (nSPS) is 10.5. The fraction of sp³-hybridized carbons (Fsp3) is 0.429. The van der Waals surface area contributed by atoms with Gasteiger partial charge in [0, 0.05) is 6.92 Å². The van der Waals surface area contributed by atoms with Gasteiger partial charge in [-0.1, -0.05) is 37.6 Å². The molecule has 0 radical (unpaired) electrons. The van der Waals surface area contributed by atoms with Crippen molar-refractivity contribution in [1.82, 2.24) is 4.90 Å². The molecule has 0 fully saturated rings. The minimum Gasteiger partial charge on any atom is -0.465 e. The number of imide groups is 1. The Kier molecular flexibility index (Phi) is 4.48. The molecule has 18 heavy (non-hydrogen) atoms. The van der Waals surface area contributed by atoms with Crippen molar-refractivity contribution in [1.29, 1.82) is 0 Å². The zero-order chi connectivity index (χ0) is 13.9. The van der Waals surface area contributed by atoms with Crippen molar-refractivity contribution in [3.8, 4) is 0 Å². The Labute approximate surface area is 107 Å². The van der Waals surface area contributed by atoms with Gasteiger partial charge in [0.25, 0.3) is 0 Å². The number of amides is 2. The van der Waals surface area contributed by atoms with Crippen LogP contribution in [0.25, 0.3) is 0 Å². The van der Waals surface area contributed by atoms with Gasteiger partial charge in [-0.25, -0.2) is 9.69 Å². The molecule has 0 saturated heterocycles. The summed E-state index contributed by atoms with van der Waals surface area (Å²) in [4.78, 5) is 23.0. The van der Waals surface area contributed by atoms with E-state index in [4.69, 9.17) is 5.11 Å². The predicted octanol–water partition coefficient (Wildman–Crippen LogP) is 3.14. The molecule has 0 aliphatic rings. The van der Waals surface area contributed by atoms with Crippen LogP contribution in [0.2, 0.25) is 0 Å². The lowest BCUT2D eigenvalue weighted by atomic mass is 9.98. The van der Waals surface area contributed by atoms with Gasteiger partial charge in [0.1, 0.15) is 0 Å². The minimum absolute atomic E-state index is 0.103. The summed E-state index contributed by atoms with van der Waals surface area (Å²) in [6.45, 7) is 7.49. The zero-order valence-electron chi connectivity index (χ0n) is 11.2. The molecular weight excluding hydrogens is 230 g/mol. The van der Waals surface area contributed by atoms with Crippen LogP contribution in [-0.2, 0) is 11.3 Å². The Morgan fingerprint density at radius 3 is 2.33 bits per heavy atom. The SMILES string of the molecule is CC(=O)N(Cc1cc(C)cc(C(C)C)c1)C(=O)O. The van der Waals surface area contributed by atoms with Crippen LogP contribution in [0.4, 0.5) is 4.79 Å². The van der Waals surface area contributed by atoms with Crippen LogP contribution in [0.5, 0.6) is 0 Å². The molecule has 4 nitrogen and oxygen atoms in total. The van der Waals surface area contributed by atoms with Gasteiger partial charge in [-0.05, 0) is 24.0 Å². The summed E-state index contributed by atoms with van der Waals surface area (Å²) in [5, 5.41) is 8.96. The number of aryl methyl sites for hydroxylation is 1. The Morgan fingerprint density at radius 2 is 1.89 bits per heavy atom. The number of hydrogen-bond donors (Lipinski definition) is 1. The molecule has 0 spiro atoms. The highest BCUT2D eigenvalue weighted by molar-refractivity contribution is 5.89. The first-order chi connectivity index (χ1) is 8.31. The molecular formula is C14H19NO3. The average Bonchev–Trinajstić information content (AvgIpc) is 2.24. The molecule has 0 bridgehead atoms. The summed E-state index contributed by atoms with van der Waals surface area (Å²) in [6, 6.07) is 5.94. The van der Waals surface area contributed by atoms with Crippen LogP contribution < -0.4 is 0 Å². The molecule has 98 valence electrons. The summed E-state index contributed by atoms with van der Waals surface area (Å²) in [6.07, 6.45) is -1.21. The molecule has 0 aromatic heterocycles. The number of carbonyl (C=O) groups excluding carboxylic acids is 1. The van der Waals surface area contributed by atoms with Crippen molar-refractivity contribution >= 4 is 12.0 Å². The van der Waals surface area contributed by atoms with E-state index < -0.39 is 12.0 Å². The van der Waals surface area contributed by atoms with Crippen LogP contribution in [0, 0.1) is 6.92 Å². The van der Waals surface area contributed by atoms with Crippen LogP contribution in [-0.4, -0.2) is 22.0 Å². The largest absolute Gasteiger partial charge is 0.465 e. The quantitative estimate of drug-likeness (QED) is 0.895. The highest BCUT2D eigenvalue weighted by Gasteiger charge is 2.17. The topological polar surface area (TPSA) is 57.6 Å². The number of hydrogen-bond acceptors (Lipinski definition) is 2. The van der Waals surface area contributed by atoms with E-state index >= 15 is 0 Å². The summed E-state index contributed by atoms with van der Waals surface area (Å²) in [5.74, 6) is -0.0886. The smallest absolute Gasteiger partial charge is 0.414 e. The van der Waals surface area contributed by atoms with E-state index in [2.05, 4.69) is 19.9 Å². The third-order valence-corrected chi connectivity index (χ3v) is 2.78. The molecule has 0 heterocycles. The average molecular weight is 249 g/mol. The summed E-state index contributed by atoms with van der Waals surface area (Å²) >= 11 is 0. The maximum absolute atomic E-state index is 11.2. The number of carboxylic acid groups (broad SMARTS) is 1. The lowest BCUT2D eigenvalue weighted by Gasteiger charge is -2.17. The Balaban J connectivity index is 3.03. The lowest BCUT2D eigenvalue weighted by molar-refractivity contribution is -0.127. The standard InChI is InChI=1S/C14H19NO3/c1-9(2)13-6-10(3)5-12(7-13)8-15(11(4)16)14(17)18/h5-7,9H,8H2,1-4H3,(H,17,18). The molecule has 0 aliphatic heterocycles. The highest BCUT2D eigenvalue weighted by Crippen LogP contribution is 2.19. The van der Waals surface area contributed by atoms with E-state index in [1.54, 1.807) is 0 Å². The molecule has 1 N–H and O–H groups in total. The van der Waals surface area contributed by atoms with Gasteiger partial charge in [0.15, 0.2) is 0 Å². The Morgan fingerprint density at radius 1 is 1.28 bits per heavy atom. The van der Waals surface area contributed by atoms with Crippen LogP contribution in [0.3, 0.4) is 0 Å². The van der Waals surface area contributed by atoms with Gasteiger partial charge in [0.05, 0.1) is 6.54 Å². The van der Waals surface area contributed by atoms with Crippen molar-refractivity contribution < 1.29 is 14.7 Å². The molecule has 1 rings (SSSR count). The Hall–Kier alpha value is -1.84. The molecule has 1 aromatic rings. The maximum atomic E-state index is 11.2. The van der Waals surface area contributed by atoms with Gasteiger partial charge in [-0.2, -0.15) is 0 Å². The minimum atomic E-state index is -1.21. The van der Waals surface area contributed by atoms with Gasteiger partial charge in [0.2, 0.25) is 5.91 Å². The highest BCUT2D eigenvalue weighted by atomic mass is 16.4. The number of carbonyl (C=O) groups is 2. The van der Waals surface area contributed by atoms with Crippen molar-refractivity contribution in [2.45, 2.75) is 40.2 Å². The van der Waals surface area contributed by atoms with Gasteiger partial charge < -0.3 is 5.11 Å². The summed E-state index contributed by atoms with van der Waals surface area (Å²) < 4.78 is 0. The second-order valence-electron chi connectivity index (χ2n) is 4.79. The maximum Gasteiger partial charge on any atom is 0.414 e. The van der Waals surface area contributed by atoms with Crippen molar-refractivity contribution in [2.24, 2.45) is 0 Å². The number of nitrogens with zero attached hydrogens (tertiary/aromatic N) is 1. The van der Waals surface area contributed by atoms with E-state index in [1.807, 2.05) is 19.1 Å². The second-order valence-corrected chi connectivity index (χ2v) is 4.79. The summed E-state index contributed by atoms with van der Waals surface area (Å²) in [5.41, 5.74) is 3.07. The third-order valence-electron chi connectivity index (χ3n) is 2.78. The lowest BCUT2D eigenvalue weighted by Crippen LogP contribution is -2.33. The van der Waals surface area contributed by atoms with E-state index in [1.165, 1.54) is 6.92 Å². The molecule has 0 unspecified atom stereocenters. The van der Waals surface area contributed by atoms with E-state index in [0.717, 1.165) is 21.6 Å². The van der Waals surface area contributed by atoms with Crippen LogP contribution in [0.1, 0.15) is 43.4 Å². The first kappa shape index (κ1) is 14.2. The van der Waals surface area contributed by atoms with Crippen molar-refractivity contribution in [3.63, 3.8) is 0 Å². The third kappa shape index (κ3) is 3.58. The zero-order valence-corrected chi connectivity index (χ0v) is 11.2. The monoisotopic (exact) mass is 249 g/mol. The second kappa shape index (κ2) is 5.67. The van der Waals surface area contributed by atoms with Gasteiger partial charge in [-0.15, -0.1) is 0 Å². The van der Waals surface area contributed by atoms with E-state index in [-0.39, 0.29) is 6.54 Å². The van der Waals surface area contributed by atoms with Crippen LogP contribution in [0.15, 0.2) is 18.2 Å². The number of benzene rings is 1. The fourth-order valence-corrected chi connectivity index (χ4v) is 1.82. The molecule has 2 amide bonds. The van der Waals surface area contributed by atoms with Crippen molar-refractivity contribution in [3.05, 3.63) is 34.9 Å². The molecule has 1 aromatic carbocycles. The summed E-state index contributed by atoms with van der Waals surface area (Å²) in [7, 11) is 0. The molecule has 4 heteroatoms. The van der Waals surface area contributed by atoms with Gasteiger partial charge >= 0.3 is 6.09 Å². The van der Waals surface area contributed by atoms with Gasteiger partial charge in [-0.3, -0.25) is 4.79 Å². The Bertz CT molecular complexity index is 452. The number of rotatable bonds is 3. The first-order valence-electron chi connectivity index (χ1n) is 5.92. The van der Waals surface area contributed by atoms with E-state index in [0.29, 0.717) is 5.92 Å². The molecule has 0 saturated carbocycles.